The lowest BCUT2D eigenvalue weighted by atomic mass is 10.7. The van der Waals surface area contributed by atoms with Crippen LogP contribution < -0.4 is 0 Å². The van der Waals surface area contributed by atoms with Crippen molar-refractivity contribution >= 4 is 28.1 Å². The van der Waals surface area contributed by atoms with E-state index in [1.54, 1.807) is 11.9 Å². The number of hydrogen-bond donors (Lipinski definition) is 0. The molecule has 0 amide bonds. The minimum atomic E-state index is 1.02. The Bertz CT molecular complexity index is 65.2. The lowest BCUT2D eigenvalue weighted by molar-refractivity contribution is 0.890. The quantitative estimate of drug-likeness (QED) is 0.398. The zero-order valence-corrected chi connectivity index (χ0v) is 5.50. The highest BCUT2D eigenvalue weighted by Crippen LogP contribution is 2.20. The molecule has 34 valence electrons. The number of hydrogen-bond acceptors (Lipinski definition) is 2. The zero-order valence-electron chi connectivity index (χ0n) is 3.10. The first-order valence-corrected chi connectivity index (χ1v) is 3.19. The Labute approximate surface area is 49.9 Å². The average molecular weight is 166 g/mol. The Hall–Kier alpha value is 0.530. The molecular weight excluding hydrogens is 162 g/mol. The summed E-state index contributed by atoms with van der Waals surface area (Å²) in [7, 11) is 0. The Balaban J connectivity index is 2.32. The molecule has 1 heterocycles. The largest absolute Gasteiger partial charge is 0.178 e. The fourth-order valence-corrected chi connectivity index (χ4v) is 1.21. The van der Waals surface area contributed by atoms with E-state index in [0.29, 0.717) is 0 Å². The van der Waals surface area contributed by atoms with Crippen LogP contribution in [0.15, 0.2) is 11.5 Å². The van der Waals surface area contributed by atoms with Crippen LogP contribution in [0.2, 0.25) is 0 Å². The van der Waals surface area contributed by atoms with Crippen molar-refractivity contribution in [1.29, 1.82) is 0 Å². The normalized spacial score (nSPS) is 22.8. The van der Waals surface area contributed by atoms with Gasteiger partial charge in [-0.05, 0) is 17.4 Å². The third kappa shape index (κ3) is 0.996. The van der Waals surface area contributed by atoms with E-state index >= 15 is 0 Å². The van der Waals surface area contributed by atoms with Crippen molar-refractivity contribution in [3.8, 4) is 0 Å². The molecule has 0 saturated carbocycles. The molecule has 1 rings (SSSR count). The highest BCUT2D eigenvalue weighted by atomic mass is 79.9. The van der Waals surface area contributed by atoms with Gasteiger partial charge in [-0.2, -0.15) is 3.33 Å². The summed E-state index contributed by atoms with van der Waals surface area (Å²) in [4.78, 5) is 0. The Morgan fingerprint density at radius 3 is 2.83 bits per heavy atom. The van der Waals surface area contributed by atoms with E-state index in [1.165, 1.54) is 0 Å². The van der Waals surface area contributed by atoms with E-state index in [0.717, 1.165) is 6.54 Å². The molecule has 0 unspecified atom stereocenters. The standard InChI is InChI=1S/C3H4BrNS/c4-5-2-1-3-6-5/h1,3H,2H2. The minimum Gasteiger partial charge on any atom is -0.178 e. The summed E-state index contributed by atoms with van der Waals surface area (Å²) < 4.78 is 1.98. The molecule has 0 aliphatic carbocycles. The average Bonchev–Trinajstić information content (AvgIpc) is 1.86. The summed E-state index contributed by atoms with van der Waals surface area (Å²) in [5.41, 5.74) is 0. The van der Waals surface area contributed by atoms with Crippen molar-refractivity contribution in [3.63, 3.8) is 0 Å². The van der Waals surface area contributed by atoms with Gasteiger partial charge < -0.3 is 0 Å². The molecule has 0 atom stereocenters. The van der Waals surface area contributed by atoms with Gasteiger partial charge in [-0.3, -0.25) is 0 Å². The highest BCUT2D eigenvalue weighted by molar-refractivity contribution is 9.09. The first-order valence-electron chi connectivity index (χ1n) is 1.65. The van der Waals surface area contributed by atoms with Gasteiger partial charge in [0.15, 0.2) is 0 Å². The van der Waals surface area contributed by atoms with Crippen LogP contribution in [0.4, 0.5) is 0 Å². The van der Waals surface area contributed by atoms with Gasteiger partial charge in [0.2, 0.25) is 0 Å². The smallest absolute Gasteiger partial charge is 0.0398 e. The summed E-state index contributed by atoms with van der Waals surface area (Å²) in [6, 6.07) is 0. The molecule has 1 aliphatic rings. The lowest BCUT2D eigenvalue weighted by Crippen LogP contribution is -1.90. The maximum Gasteiger partial charge on any atom is 0.0398 e. The summed E-state index contributed by atoms with van der Waals surface area (Å²) in [6.45, 7) is 1.02. The monoisotopic (exact) mass is 165 g/mol. The minimum absolute atomic E-state index is 1.02. The maximum absolute atomic E-state index is 3.27. The lowest BCUT2D eigenvalue weighted by Gasteiger charge is -1.95. The van der Waals surface area contributed by atoms with Gasteiger partial charge in [-0.1, -0.05) is 6.08 Å². The molecule has 0 saturated heterocycles. The molecule has 0 aromatic heterocycles. The van der Waals surface area contributed by atoms with Crippen molar-refractivity contribution < 1.29 is 0 Å². The van der Waals surface area contributed by atoms with Crippen molar-refractivity contribution in [2.45, 2.75) is 0 Å². The molecular formula is C3H4BrNS. The summed E-state index contributed by atoms with van der Waals surface area (Å²) in [6.07, 6.45) is 2.10. The van der Waals surface area contributed by atoms with Gasteiger partial charge in [0, 0.05) is 22.7 Å². The molecule has 0 aromatic carbocycles. The summed E-state index contributed by atoms with van der Waals surface area (Å²) in [5.74, 6) is 0. The molecule has 1 nitrogen and oxygen atoms in total. The Morgan fingerprint density at radius 1 is 1.83 bits per heavy atom. The predicted octanol–water partition coefficient (Wildman–Crippen LogP) is 1.77. The number of halogens is 1. The van der Waals surface area contributed by atoms with Crippen molar-refractivity contribution in [1.82, 2.24) is 3.33 Å². The second-order valence-corrected chi connectivity index (χ2v) is 3.23. The highest BCUT2D eigenvalue weighted by Gasteiger charge is 1.98. The zero-order chi connectivity index (χ0) is 4.41. The first kappa shape index (κ1) is 4.68. The molecule has 0 aromatic rings. The van der Waals surface area contributed by atoms with E-state index < -0.39 is 0 Å². The molecule has 3 heteroatoms. The van der Waals surface area contributed by atoms with Crippen LogP contribution in [-0.2, 0) is 0 Å². The van der Waals surface area contributed by atoms with E-state index in [4.69, 9.17) is 0 Å². The van der Waals surface area contributed by atoms with Gasteiger partial charge in [0.05, 0.1) is 0 Å². The van der Waals surface area contributed by atoms with Gasteiger partial charge >= 0.3 is 0 Å². The Morgan fingerprint density at radius 2 is 2.67 bits per heavy atom. The van der Waals surface area contributed by atoms with Crippen LogP contribution in [-0.4, -0.2) is 9.88 Å². The van der Waals surface area contributed by atoms with Crippen LogP contribution in [0.5, 0.6) is 0 Å². The third-order valence-electron chi connectivity index (χ3n) is 0.520. The van der Waals surface area contributed by atoms with Crippen LogP contribution in [0.3, 0.4) is 0 Å². The molecule has 0 fully saturated rings. The predicted molar refractivity (Wildman–Crippen MR) is 32.4 cm³/mol. The van der Waals surface area contributed by atoms with Gasteiger partial charge in [-0.15, -0.1) is 0 Å². The fourth-order valence-electron chi connectivity index (χ4n) is 0.278. The molecule has 0 bridgehead atoms. The van der Waals surface area contributed by atoms with E-state index in [1.807, 2.05) is 3.33 Å². The van der Waals surface area contributed by atoms with Gasteiger partial charge in [0.1, 0.15) is 0 Å². The molecule has 0 spiro atoms. The third-order valence-corrected chi connectivity index (χ3v) is 2.00. The van der Waals surface area contributed by atoms with E-state index in [9.17, 15) is 0 Å². The maximum atomic E-state index is 3.27. The van der Waals surface area contributed by atoms with E-state index in [-0.39, 0.29) is 0 Å². The van der Waals surface area contributed by atoms with Crippen molar-refractivity contribution in [2.75, 3.05) is 6.54 Å². The van der Waals surface area contributed by atoms with Gasteiger partial charge in [0.25, 0.3) is 0 Å². The topological polar surface area (TPSA) is 3.24 Å². The van der Waals surface area contributed by atoms with Crippen LogP contribution in [0, 0.1) is 0 Å². The number of rotatable bonds is 0. The van der Waals surface area contributed by atoms with E-state index in [2.05, 4.69) is 27.6 Å². The van der Waals surface area contributed by atoms with Crippen molar-refractivity contribution in [3.05, 3.63) is 11.5 Å². The van der Waals surface area contributed by atoms with Crippen molar-refractivity contribution in [2.24, 2.45) is 0 Å². The second-order valence-electron chi connectivity index (χ2n) is 0.977. The fraction of sp³-hybridized carbons (Fsp3) is 0.333. The molecule has 1 aliphatic heterocycles. The molecule has 0 radical (unpaired) electrons. The van der Waals surface area contributed by atoms with Gasteiger partial charge in [-0.25, -0.2) is 0 Å². The SMILES string of the molecule is BrN1CC=CS1. The van der Waals surface area contributed by atoms with Crippen LogP contribution in [0.25, 0.3) is 0 Å². The summed E-state index contributed by atoms with van der Waals surface area (Å²) in [5, 5.41) is 2.05. The molecule has 0 N–H and O–H groups in total. The number of nitrogens with zero attached hydrogens (tertiary/aromatic N) is 1. The van der Waals surface area contributed by atoms with Crippen LogP contribution in [0.1, 0.15) is 0 Å². The molecule has 6 heavy (non-hydrogen) atoms. The Kier molecular flexibility index (Phi) is 1.56. The first-order chi connectivity index (χ1) is 2.89. The summed E-state index contributed by atoms with van der Waals surface area (Å²) >= 11 is 4.94. The van der Waals surface area contributed by atoms with Crippen LogP contribution >= 0.6 is 28.1 Å². The second kappa shape index (κ2) is 2.00.